The van der Waals surface area contributed by atoms with Crippen molar-refractivity contribution < 1.29 is 22.5 Å². The minimum Gasteiger partial charge on any atom is -0.447 e. The van der Waals surface area contributed by atoms with Crippen LogP contribution in [0.1, 0.15) is 45.0 Å². The van der Waals surface area contributed by atoms with Gasteiger partial charge in [0.1, 0.15) is 16.7 Å². The van der Waals surface area contributed by atoms with Crippen LogP contribution >= 0.6 is 11.3 Å². The molecule has 194 valence electrons. The van der Waals surface area contributed by atoms with Crippen molar-refractivity contribution in [3.8, 4) is 10.7 Å². The van der Waals surface area contributed by atoms with Gasteiger partial charge in [0, 0.05) is 37.9 Å². The van der Waals surface area contributed by atoms with Gasteiger partial charge in [-0.25, -0.2) is 27.5 Å². The number of rotatable bonds is 7. The van der Waals surface area contributed by atoms with Crippen molar-refractivity contribution in [1.82, 2.24) is 29.2 Å². The lowest BCUT2D eigenvalue weighted by Gasteiger charge is -2.36. The summed E-state index contributed by atoms with van der Waals surface area (Å²) >= 11 is 0.801. The Labute approximate surface area is 213 Å². The highest BCUT2D eigenvalue weighted by atomic mass is 32.2. The third-order valence-electron chi connectivity index (χ3n) is 6.18. The molecule has 4 heterocycles. The van der Waals surface area contributed by atoms with Crippen LogP contribution in [0.5, 0.6) is 0 Å². The zero-order chi connectivity index (χ0) is 25.6. The maximum absolute atomic E-state index is 13.2. The number of carbonyl (C=O) groups excluding carboxylic acids is 1. The molecule has 2 fully saturated rings. The highest BCUT2D eigenvalue weighted by Crippen LogP contribution is 2.37. The van der Waals surface area contributed by atoms with E-state index in [0.717, 1.165) is 29.9 Å². The first-order valence-electron chi connectivity index (χ1n) is 11.7. The largest absolute Gasteiger partial charge is 0.447 e. The molecule has 0 radical (unpaired) electrons. The van der Waals surface area contributed by atoms with E-state index in [-0.39, 0.29) is 22.7 Å². The maximum Gasteiger partial charge on any atom is 0.410 e. The summed E-state index contributed by atoms with van der Waals surface area (Å²) < 4.78 is 49.7. The van der Waals surface area contributed by atoms with E-state index in [0.29, 0.717) is 47.4 Å². The van der Waals surface area contributed by atoms with Crippen LogP contribution in [0.15, 0.2) is 23.4 Å². The van der Waals surface area contributed by atoms with Crippen LogP contribution < -0.4 is 9.62 Å². The molecule has 14 heteroatoms. The molecular weight excluding hydrogens is 512 g/mol. The second-order valence-electron chi connectivity index (χ2n) is 9.48. The Morgan fingerprint density at radius 3 is 2.56 bits per heavy atom. The van der Waals surface area contributed by atoms with Crippen LogP contribution in [-0.4, -0.2) is 72.6 Å². The van der Waals surface area contributed by atoms with Crippen molar-refractivity contribution in [2.45, 2.75) is 56.6 Å². The summed E-state index contributed by atoms with van der Waals surface area (Å²) in [7, 11) is -1.50. The Morgan fingerprint density at radius 1 is 1.22 bits per heavy atom. The topological polar surface area (TPSA) is 105 Å². The highest BCUT2D eigenvalue weighted by Gasteiger charge is 2.39. The van der Waals surface area contributed by atoms with Crippen molar-refractivity contribution in [2.24, 2.45) is 0 Å². The molecule has 2 aliphatic rings. The van der Waals surface area contributed by atoms with Crippen molar-refractivity contribution in [1.29, 1.82) is 0 Å². The predicted molar refractivity (Wildman–Crippen MR) is 132 cm³/mol. The lowest BCUT2D eigenvalue weighted by Crippen LogP contribution is -2.49. The number of fused-ring (bicyclic) bond motifs is 1. The number of halogens is 2. The summed E-state index contributed by atoms with van der Waals surface area (Å²) in [4.78, 5) is 21.1. The third kappa shape index (κ3) is 5.06. The van der Waals surface area contributed by atoms with Gasteiger partial charge in [-0.3, -0.25) is 4.40 Å². The van der Waals surface area contributed by atoms with Gasteiger partial charge in [-0.1, -0.05) is 11.3 Å². The number of ether oxygens (including phenoxy) is 1. The number of nitrogens with zero attached hydrogens (tertiary/aromatic N) is 6. The van der Waals surface area contributed by atoms with E-state index in [9.17, 15) is 17.8 Å². The first-order chi connectivity index (χ1) is 17.1. The quantitative estimate of drug-likeness (QED) is 0.489. The van der Waals surface area contributed by atoms with Gasteiger partial charge in [-0.2, -0.15) is 0 Å². The van der Waals surface area contributed by atoms with Crippen molar-refractivity contribution in [3.63, 3.8) is 0 Å². The molecular formula is C22H27F2N7O3S2. The van der Waals surface area contributed by atoms with Gasteiger partial charge >= 0.3 is 6.09 Å². The molecule has 3 aromatic heterocycles. The number of anilines is 1. The fraction of sp³-hybridized carbons (Fsp3) is 0.545. The smallest absolute Gasteiger partial charge is 0.410 e. The summed E-state index contributed by atoms with van der Waals surface area (Å²) in [5, 5.41) is 7.46. The fourth-order valence-electron chi connectivity index (χ4n) is 3.94. The number of imidazole rings is 1. The van der Waals surface area contributed by atoms with Crippen LogP contribution in [0.25, 0.3) is 16.3 Å². The van der Waals surface area contributed by atoms with Gasteiger partial charge in [-0.05, 0) is 39.7 Å². The van der Waals surface area contributed by atoms with Gasteiger partial charge in [0.25, 0.3) is 6.43 Å². The third-order valence-corrected chi connectivity index (χ3v) is 8.46. The van der Waals surface area contributed by atoms with Gasteiger partial charge in [0.05, 0.1) is 22.9 Å². The number of carbonyl (C=O) groups is 1. The molecule has 1 aliphatic carbocycles. The number of hydrogen-bond donors (Lipinski definition) is 1. The molecule has 0 aromatic carbocycles. The van der Waals surface area contributed by atoms with Crippen LogP contribution in [-0.2, 0) is 15.7 Å². The minimum absolute atomic E-state index is 0.161. The van der Waals surface area contributed by atoms with E-state index < -0.39 is 17.4 Å². The molecule has 5 rings (SSSR count). The molecule has 1 N–H and O–H groups in total. The summed E-state index contributed by atoms with van der Waals surface area (Å²) in [6.45, 7) is 7.62. The maximum atomic E-state index is 13.2. The van der Waals surface area contributed by atoms with E-state index in [4.69, 9.17) is 4.74 Å². The molecule has 1 saturated heterocycles. The van der Waals surface area contributed by atoms with Crippen LogP contribution in [0, 0.1) is 0 Å². The van der Waals surface area contributed by atoms with Gasteiger partial charge in [0.15, 0.2) is 15.7 Å². The Morgan fingerprint density at radius 2 is 1.94 bits per heavy atom. The van der Waals surface area contributed by atoms with Crippen molar-refractivity contribution in [2.75, 3.05) is 31.1 Å². The average Bonchev–Trinajstić information content (AvgIpc) is 3.23. The normalized spacial score (nSPS) is 18.3. The Balaban J connectivity index is 1.49. The summed E-state index contributed by atoms with van der Waals surface area (Å²) in [5.74, 6) is 0. The lowest BCUT2D eigenvalue weighted by atomic mass is 10.2. The molecule has 1 unspecified atom stereocenters. The monoisotopic (exact) mass is 539 g/mol. The Kier molecular flexibility index (Phi) is 6.68. The Hall–Kier alpha value is -2.71. The number of pyridine rings is 1. The SMILES string of the molecule is CC(C)OC(=O)N1CCN(c2cc(S(=O)NC3(C)CC3)cn3c(-c4nnc(C(F)F)s4)cnc23)CC1. The van der Waals surface area contributed by atoms with Gasteiger partial charge in [-0.15, -0.1) is 10.2 Å². The van der Waals surface area contributed by atoms with E-state index >= 15 is 0 Å². The Bertz CT molecular complexity index is 1300. The average molecular weight is 540 g/mol. The lowest BCUT2D eigenvalue weighted by molar-refractivity contribution is 0.0751. The second kappa shape index (κ2) is 9.63. The van der Waals surface area contributed by atoms with E-state index in [1.165, 1.54) is 0 Å². The molecule has 0 bridgehead atoms. The van der Waals surface area contributed by atoms with E-state index in [1.807, 2.05) is 26.8 Å². The number of piperazine rings is 1. The van der Waals surface area contributed by atoms with E-state index in [2.05, 4.69) is 24.8 Å². The molecule has 1 atom stereocenters. The number of hydrogen-bond acceptors (Lipinski definition) is 8. The summed E-state index contributed by atoms with van der Waals surface area (Å²) in [6.07, 6.45) is 1.90. The first-order valence-corrected chi connectivity index (χ1v) is 13.6. The van der Waals surface area contributed by atoms with Crippen LogP contribution in [0.4, 0.5) is 19.3 Å². The van der Waals surface area contributed by atoms with Crippen LogP contribution in [0.2, 0.25) is 0 Å². The molecule has 36 heavy (non-hydrogen) atoms. The molecule has 1 aliphatic heterocycles. The van der Waals surface area contributed by atoms with Gasteiger partial charge in [0.2, 0.25) is 0 Å². The molecule has 1 saturated carbocycles. The first kappa shape index (κ1) is 25.0. The number of nitrogens with one attached hydrogen (secondary N) is 1. The highest BCUT2D eigenvalue weighted by molar-refractivity contribution is 7.83. The van der Waals surface area contributed by atoms with Crippen molar-refractivity contribution >= 4 is 39.8 Å². The molecule has 10 nitrogen and oxygen atoms in total. The molecule has 0 spiro atoms. The second-order valence-corrected chi connectivity index (χ2v) is 11.7. The number of aromatic nitrogens is 4. The predicted octanol–water partition coefficient (Wildman–Crippen LogP) is 3.62. The summed E-state index contributed by atoms with van der Waals surface area (Å²) in [6, 6.07) is 1.84. The van der Waals surface area contributed by atoms with Crippen molar-refractivity contribution in [3.05, 3.63) is 23.5 Å². The summed E-state index contributed by atoms with van der Waals surface area (Å²) in [5.41, 5.74) is 1.65. The zero-order valence-corrected chi connectivity index (χ0v) is 21.7. The number of amides is 1. The minimum atomic E-state index is -2.71. The van der Waals surface area contributed by atoms with Gasteiger partial charge < -0.3 is 14.5 Å². The van der Waals surface area contributed by atoms with E-state index in [1.54, 1.807) is 21.7 Å². The number of alkyl halides is 2. The molecule has 3 aromatic rings. The fourth-order valence-corrected chi connectivity index (χ4v) is 5.84. The van der Waals surface area contributed by atoms with Crippen LogP contribution in [0.3, 0.4) is 0 Å². The standard InChI is InChI=1S/C22H27F2N7O3S2/c1-13(2)34-21(32)30-8-6-29(7-9-30)15-10-14(36(33)28-22(3)4-5-22)12-31-16(11-25-18(15)31)19-26-27-20(35-19)17(23)24/h10-13,17,28H,4-9H2,1-3H3. The zero-order valence-electron chi connectivity index (χ0n) is 20.1. The molecule has 1 amide bonds.